The van der Waals surface area contributed by atoms with Gasteiger partial charge in [0.25, 0.3) is 5.69 Å². The fourth-order valence-corrected chi connectivity index (χ4v) is 2.17. The van der Waals surface area contributed by atoms with Crippen LogP contribution in [-0.2, 0) is 4.74 Å². The zero-order valence-electron chi connectivity index (χ0n) is 9.41. The lowest BCUT2D eigenvalue weighted by molar-refractivity contribution is -0.386. The van der Waals surface area contributed by atoms with Gasteiger partial charge in [0, 0.05) is 18.6 Å². The average Bonchev–Trinajstić information content (AvgIpc) is 2.39. The van der Waals surface area contributed by atoms with E-state index in [0.29, 0.717) is 18.8 Å². The molecule has 92 valence electrons. The van der Waals surface area contributed by atoms with Crippen molar-refractivity contribution in [2.75, 3.05) is 13.2 Å². The Morgan fingerprint density at radius 2 is 2.24 bits per heavy atom. The Bertz CT molecular complexity index is 401. The van der Waals surface area contributed by atoms with E-state index in [-0.39, 0.29) is 11.6 Å². The molecule has 1 aliphatic heterocycles. The van der Waals surface area contributed by atoms with Gasteiger partial charge in [-0.25, -0.2) is 0 Å². The maximum Gasteiger partial charge on any atom is 0.275 e. The first kappa shape index (κ1) is 12.0. The quantitative estimate of drug-likeness (QED) is 0.645. The van der Waals surface area contributed by atoms with Gasteiger partial charge in [-0.1, -0.05) is 12.1 Å². The van der Waals surface area contributed by atoms with Gasteiger partial charge < -0.3 is 9.84 Å². The Morgan fingerprint density at radius 1 is 1.47 bits per heavy atom. The molecule has 0 radical (unpaired) electrons. The monoisotopic (exact) mass is 237 g/mol. The zero-order valence-corrected chi connectivity index (χ0v) is 9.41. The van der Waals surface area contributed by atoms with Gasteiger partial charge in [0.15, 0.2) is 0 Å². The molecule has 1 fully saturated rings. The minimum atomic E-state index is -0.822. The number of hydrogen-bond acceptors (Lipinski definition) is 4. The van der Waals surface area contributed by atoms with Gasteiger partial charge in [-0.15, -0.1) is 0 Å². The lowest BCUT2D eigenvalue weighted by atomic mass is 9.90. The summed E-state index contributed by atoms with van der Waals surface area (Å²) in [6, 6.07) is 6.33. The predicted molar refractivity (Wildman–Crippen MR) is 61.6 cm³/mol. The van der Waals surface area contributed by atoms with E-state index in [2.05, 4.69) is 0 Å². The fraction of sp³-hybridized carbons (Fsp3) is 0.500. The Balaban J connectivity index is 2.23. The summed E-state index contributed by atoms with van der Waals surface area (Å²) in [4.78, 5) is 10.4. The van der Waals surface area contributed by atoms with Gasteiger partial charge in [0.2, 0.25) is 0 Å². The van der Waals surface area contributed by atoms with E-state index < -0.39 is 11.0 Å². The summed E-state index contributed by atoms with van der Waals surface area (Å²) in [5.74, 6) is -0.0511. The summed E-state index contributed by atoms with van der Waals surface area (Å²) in [5.41, 5.74) is 0.360. The van der Waals surface area contributed by atoms with Crippen LogP contribution in [0, 0.1) is 16.0 Å². The van der Waals surface area contributed by atoms with Gasteiger partial charge in [-0.3, -0.25) is 10.1 Å². The molecule has 0 bridgehead atoms. The van der Waals surface area contributed by atoms with Crippen molar-refractivity contribution in [3.63, 3.8) is 0 Å². The Morgan fingerprint density at radius 3 is 2.88 bits per heavy atom. The number of nitrogens with zero attached hydrogens (tertiary/aromatic N) is 1. The molecule has 2 atom stereocenters. The molecular formula is C12H15NO4. The van der Waals surface area contributed by atoms with Crippen molar-refractivity contribution in [2.45, 2.75) is 18.9 Å². The summed E-state index contributed by atoms with van der Waals surface area (Å²) in [6.07, 6.45) is 0.909. The SMILES string of the molecule is O=[N+]([O-])c1ccccc1[C@H](O)[C@@H]1CCCOC1. The molecule has 1 N–H and O–H groups in total. The molecule has 1 aliphatic rings. The molecule has 0 saturated carbocycles. The highest BCUT2D eigenvalue weighted by Gasteiger charge is 2.28. The third kappa shape index (κ3) is 2.62. The van der Waals surface area contributed by atoms with E-state index >= 15 is 0 Å². The highest BCUT2D eigenvalue weighted by atomic mass is 16.6. The van der Waals surface area contributed by atoms with Crippen molar-refractivity contribution in [3.8, 4) is 0 Å². The molecule has 0 amide bonds. The van der Waals surface area contributed by atoms with Gasteiger partial charge in [-0.05, 0) is 18.9 Å². The van der Waals surface area contributed by atoms with Crippen LogP contribution in [0.3, 0.4) is 0 Å². The van der Waals surface area contributed by atoms with Crippen molar-refractivity contribution in [1.82, 2.24) is 0 Å². The number of benzene rings is 1. The standard InChI is InChI=1S/C12H15NO4/c14-12(9-4-3-7-17-8-9)10-5-1-2-6-11(10)13(15)16/h1-2,5-6,9,12,14H,3-4,7-8H2/t9-,12-/m1/s1. The molecule has 0 aromatic heterocycles. The number of rotatable bonds is 3. The van der Waals surface area contributed by atoms with Crippen LogP contribution < -0.4 is 0 Å². The first-order chi connectivity index (χ1) is 8.20. The summed E-state index contributed by atoms with van der Waals surface area (Å²) in [6.45, 7) is 1.17. The van der Waals surface area contributed by atoms with Crippen LogP contribution in [-0.4, -0.2) is 23.2 Å². The molecule has 1 saturated heterocycles. The van der Waals surface area contributed by atoms with Crippen molar-refractivity contribution < 1.29 is 14.8 Å². The second-order valence-electron chi connectivity index (χ2n) is 4.24. The Kier molecular flexibility index (Phi) is 3.71. The molecule has 1 heterocycles. The highest BCUT2D eigenvalue weighted by molar-refractivity contribution is 5.41. The van der Waals surface area contributed by atoms with Crippen molar-refractivity contribution in [3.05, 3.63) is 39.9 Å². The molecule has 1 aromatic carbocycles. The van der Waals surface area contributed by atoms with Crippen LogP contribution in [0.25, 0.3) is 0 Å². The van der Waals surface area contributed by atoms with Crippen LogP contribution in [0.5, 0.6) is 0 Å². The zero-order chi connectivity index (χ0) is 12.3. The molecule has 1 aromatic rings. The number of aliphatic hydroxyl groups is 1. The molecular weight excluding hydrogens is 222 g/mol. The molecule has 0 aliphatic carbocycles. The first-order valence-corrected chi connectivity index (χ1v) is 5.69. The molecule has 2 rings (SSSR count). The van der Waals surface area contributed by atoms with Crippen LogP contribution >= 0.6 is 0 Å². The first-order valence-electron chi connectivity index (χ1n) is 5.69. The minimum Gasteiger partial charge on any atom is -0.388 e. The fourth-order valence-electron chi connectivity index (χ4n) is 2.17. The van der Waals surface area contributed by atoms with Gasteiger partial charge in [0.1, 0.15) is 0 Å². The summed E-state index contributed by atoms with van der Waals surface area (Å²) in [7, 11) is 0. The third-order valence-corrected chi connectivity index (χ3v) is 3.09. The van der Waals surface area contributed by atoms with E-state index in [1.165, 1.54) is 6.07 Å². The maximum atomic E-state index is 10.9. The second kappa shape index (κ2) is 5.25. The topological polar surface area (TPSA) is 72.6 Å². The molecule has 5 heteroatoms. The van der Waals surface area contributed by atoms with E-state index in [0.717, 1.165) is 12.8 Å². The summed E-state index contributed by atoms with van der Waals surface area (Å²) < 4.78 is 5.30. The van der Waals surface area contributed by atoms with E-state index in [1.807, 2.05) is 0 Å². The van der Waals surface area contributed by atoms with Crippen LogP contribution in [0.15, 0.2) is 24.3 Å². The number of para-hydroxylation sites is 1. The summed E-state index contributed by atoms with van der Waals surface area (Å²) >= 11 is 0. The third-order valence-electron chi connectivity index (χ3n) is 3.09. The Labute approximate surface area is 99.2 Å². The molecule has 5 nitrogen and oxygen atoms in total. The lowest BCUT2D eigenvalue weighted by Crippen LogP contribution is -2.24. The normalized spacial score (nSPS) is 22.1. The Hall–Kier alpha value is -1.46. The smallest absolute Gasteiger partial charge is 0.275 e. The number of aliphatic hydroxyl groups excluding tert-OH is 1. The number of ether oxygens (including phenoxy) is 1. The van der Waals surface area contributed by atoms with Crippen molar-refractivity contribution >= 4 is 5.69 Å². The number of hydrogen-bond donors (Lipinski definition) is 1. The predicted octanol–water partition coefficient (Wildman–Crippen LogP) is 2.05. The highest BCUT2D eigenvalue weighted by Crippen LogP contribution is 2.33. The van der Waals surface area contributed by atoms with Crippen molar-refractivity contribution in [2.24, 2.45) is 5.92 Å². The van der Waals surface area contributed by atoms with Gasteiger partial charge in [-0.2, -0.15) is 0 Å². The number of nitro benzene ring substituents is 1. The van der Waals surface area contributed by atoms with E-state index in [9.17, 15) is 15.2 Å². The average molecular weight is 237 g/mol. The summed E-state index contributed by atoms with van der Waals surface area (Å²) in [5, 5.41) is 21.1. The largest absolute Gasteiger partial charge is 0.388 e. The second-order valence-corrected chi connectivity index (χ2v) is 4.24. The van der Waals surface area contributed by atoms with E-state index in [4.69, 9.17) is 4.74 Å². The van der Waals surface area contributed by atoms with Crippen LogP contribution in [0.4, 0.5) is 5.69 Å². The van der Waals surface area contributed by atoms with Crippen LogP contribution in [0.1, 0.15) is 24.5 Å². The van der Waals surface area contributed by atoms with E-state index in [1.54, 1.807) is 18.2 Å². The maximum absolute atomic E-state index is 10.9. The minimum absolute atomic E-state index is 0.0226. The van der Waals surface area contributed by atoms with Crippen LogP contribution in [0.2, 0.25) is 0 Å². The molecule has 17 heavy (non-hydrogen) atoms. The van der Waals surface area contributed by atoms with Gasteiger partial charge >= 0.3 is 0 Å². The number of nitro groups is 1. The lowest BCUT2D eigenvalue weighted by Gasteiger charge is -2.26. The van der Waals surface area contributed by atoms with Crippen molar-refractivity contribution in [1.29, 1.82) is 0 Å². The molecule has 0 unspecified atom stereocenters. The molecule has 0 spiro atoms. The van der Waals surface area contributed by atoms with Gasteiger partial charge in [0.05, 0.1) is 23.2 Å².